The minimum absolute atomic E-state index is 0.900. The summed E-state index contributed by atoms with van der Waals surface area (Å²) >= 11 is 0. The van der Waals surface area contributed by atoms with Crippen molar-refractivity contribution < 1.29 is 4.42 Å². The van der Waals surface area contributed by atoms with E-state index in [0.29, 0.717) is 0 Å². The van der Waals surface area contributed by atoms with Gasteiger partial charge in [0.1, 0.15) is 11.2 Å². The lowest BCUT2D eigenvalue weighted by Gasteiger charge is -2.29. The van der Waals surface area contributed by atoms with Crippen molar-refractivity contribution in [1.82, 2.24) is 0 Å². The summed E-state index contributed by atoms with van der Waals surface area (Å²) in [4.78, 5) is 2.42. The van der Waals surface area contributed by atoms with E-state index in [4.69, 9.17) is 4.42 Å². The normalized spacial score (nSPS) is 11.4. The quantitative estimate of drug-likeness (QED) is 0.152. The molecule has 0 aliphatic carbocycles. The van der Waals surface area contributed by atoms with Gasteiger partial charge in [0.15, 0.2) is 0 Å². The molecule has 0 spiro atoms. The van der Waals surface area contributed by atoms with Crippen molar-refractivity contribution in [2.24, 2.45) is 0 Å². The number of fused-ring (bicyclic) bond motifs is 5. The van der Waals surface area contributed by atoms with E-state index in [2.05, 4.69) is 241 Å². The molecule has 11 aromatic carbocycles. The third-order valence-electron chi connectivity index (χ3n) is 12.7. The van der Waals surface area contributed by atoms with E-state index < -0.39 is 0 Å². The third-order valence-corrected chi connectivity index (χ3v) is 12.7. The van der Waals surface area contributed by atoms with Gasteiger partial charge in [0, 0.05) is 27.7 Å². The number of hydrogen-bond acceptors (Lipinski definition) is 2. The second-order valence-corrected chi connectivity index (χ2v) is 16.5. The van der Waals surface area contributed by atoms with E-state index in [0.717, 1.165) is 66.8 Å². The first-order valence-corrected chi connectivity index (χ1v) is 21.9. The summed E-state index contributed by atoms with van der Waals surface area (Å²) in [5.74, 6) is 0. The minimum atomic E-state index is 0.900. The molecule has 300 valence electrons. The van der Waals surface area contributed by atoms with Crippen LogP contribution >= 0.6 is 0 Å². The van der Waals surface area contributed by atoms with Gasteiger partial charge in [-0.15, -0.1) is 0 Å². The third kappa shape index (κ3) is 6.70. The maximum Gasteiger partial charge on any atom is 0.135 e. The van der Waals surface area contributed by atoms with E-state index >= 15 is 0 Å². The zero-order chi connectivity index (χ0) is 42.4. The zero-order valence-corrected chi connectivity index (χ0v) is 35.0. The number of nitrogens with zero attached hydrogens (tertiary/aromatic N) is 1. The highest BCUT2D eigenvalue weighted by Crippen LogP contribution is 2.45. The lowest BCUT2D eigenvalue weighted by Crippen LogP contribution is -2.11. The second kappa shape index (κ2) is 15.8. The number of rotatable bonds is 8. The average Bonchev–Trinajstić information content (AvgIpc) is 3.75. The second-order valence-electron chi connectivity index (χ2n) is 16.5. The fourth-order valence-electron chi connectivity index (χ4n) is 9.48. The molecule has 64 heavy (non-hydrogen) atoms. The molecule has 0 bridgehead atoms. The molecule has 2 nitrogen and oxygen atoms in total. The van der Waals surface area contributed by atoms with Gasteiger partial charge in [-0.25, -0.2) is 0 Å². The van der Waals surface area contributed by atoms with E-state index in [9.17, 15) is 0 Å². The highest BCUT2D eigenvalue weighted by molar-refractivity contribution is 6.06. The van der Waals surface area contributed by atoms with Crippen molar-refractivity contribution in [3.05, 3.63) is 249 Å². The molecular weight excluding hydrogens is 775 g/mol. The van der Waals surface area contributed by atoms with Gasteiger partial charge in [-0.3, -0.25) is 0 Å². The van der Waals surface area contributed by atoms with Crippen molar-refractivity contribution in [2.75, 3.05) is 4.90 Å². The molecule has 12 rings (SSSR count). The van der Waals surface area contributed by atoms with Gasteiger partial charge in [-0.2, -0.15) is 0 Å². The molecule has 0 atom stereocenters. The number of benzene rings is 11. The molecule has 0 amide bonds. The molecule has 0 N–H and O–H groups in total. The number of furan rings is 1. The van der Waals surface area contributed by atoms with Crippen molar-refractivity contribution in [1.29, 1.82) is 0 Å². The Hall–Kier alpha value is -8.46. The van der Waals surface area contributed by atoms with E-state index in [1.54, 1.807) is 0 Å². The van der Waals surface area contributed by atoms with Gasteiger partial charge in [-0.05, 0) is 120 Å². The van der Waals surface area contributed by atoms with Crippen LogP contribution in [0, 0.1) is 0 Å². The van der Waals surface area contributed by atoms with Gasteiger partial charge in [0.25, 0.3) is 0 Å². The van der Waals surface area contributed by atoms with Crippen molar-refractivity contribution in [3.8, 4) is 55.6 Å². The maximum atomic E-state index is 6.17. The van der Waals surface area contributed by atoms with Crippen LogP contribution in [0.15, 0.2) is 253 Å². The molecule has 12 aromatic rings. The number of hydrogen-bond donors (Lipinski definition) is 0. The molecule has 1 aromatic heterocycles. The minimum Gasteiger partial charge on any atom is -0.456 e. The number of anilines is 3. The first kappa shape index (κ1) is 37.3. The lowest BCUT2D eigenvalue weighted by atomic mass is 9.94. The highest BCUT2D eigenvalue weighted by Gasteiger charge is 2.20. The van der Waals surface area contributed by atoms with Crippen LogP contribution < -0.4 is 4.90 Å². The number of para-hydroxylation sites is 1. The molecule has 0 aliphatic rings. The lowest BCUT2D eigenvalue weighted by molar-refractivity contribution is 0.669. The monoisotopic (exact) mass is 815 g/mol. The summed E-state index contributed by atoms with van der Waals surface area (Å²) in [5.41, 5.74) is 16.8. The molecule has 0 aliphatic heterocycles. The van der Waals surface area contributed by atoms with Crippen LogP contribution in [0.2, 0.25) is 0 Å². The smallest absolute Gasteiger partial charge is 0.135 e. The Morgan fingerprint density at radius 3 is 1.36 bits per heavy atom. The van der Waals surface area contributed by atoms with E-state index in [1.165, 1.54) is 49.4 Å². The zero-order valence-electron chi connectivity index (χ0n) is 35.0. The Morgan fingerprint density at radius 1 is 0.250 bits per heavy atom. The van der Waals surface area contributed by atoms with Gasteiger partial charge >= 0.3 is 0 Å². The molecule has 0 radical (unpaired) electrons. The van der Waals surface area contributed by atoms with Crippen LogP contribution in [0.5, 0.6) is 0 Å². The first-order valence-electron chi connectivity index (χ1n) is 21.9. The molecule has 2 heteroatoms. The molecule has 0 unspecified atom stereocenters. The van der Waals surface area contributed by atoms with Crippen LogP contribution in [-0.4, -0.2) is 0 Å². The predicted octanol–water partition coefficient (Wildman–Crippen LogP) is 17.7. The van der Waals surface area contributed by atoms with Crippen LogP contribution in [0.4, 0.5) is 17.1 Å². The fourth-order valence-corrected chi connectivity index (χ4v) is 9.48. The summed E-state index contributed by atoms with van der Waals surface area (Å²) in [6, 6.07) is 89.9. The van der Waals surface area contributed by atoms with Gasteiger partial charge in [0.2, 0.25) is 0 Å². The van der Waals surface area contributed by atoms with Crippen LogP contribution in [0.3, 0.4) is 0 Å². The van der Waals surface area contributed by atoms with E-state index in [1.807, 2.05) is 12.1 Å². The molecule has 0 saturated heterocycles. The predicted molar refractivity (Wildman–Crippen MR) is 271 cm³/mol. The van der Waals surface area contributed by atoms with Crippen LogP contribution in [0.1, 0.15) is 0 Å². The topological polar surface area (TPSA) is 16.4 Å². The molecule has 0 fully saturated rings. The van der Waals surface area contributed by atoms with Crippen molar-refractivity contribution >= 4 is 60.5 Å². The van der Waals surface area contributed by atoms with Crippen LogP contribution in [-0.2, 0) is 0 Å². The van der Waals surface area contributed by atoms with Gasteiger partial charge in [-0.1, -0.05) is 200 Å². The summed E-state index contributed by atoms with van der Waals surface area (Å²) in [6.45, 7) is 0. The van der Waals surface area contributed by atoms with Crippen molar-refractivity contribution in [3.63, 3.8) is 0 Å². The Labute approximate surface area is 372 Å². The van der Waals surface area contributed by atoms with E-state index in [-0.39, 0.29) is 0 Å². The molecular formula is C62H41NO. The first-order chi connectivity index (χ1) is 31.7. The Balaban J connectivity index is 0.982. The summed E-state index contributed by atoms with van der Waals surface area (Å²) in [5, 5.41) is 7.23. The Kier molecular flexibility index (Phi) is 9.20. The summed E-state index contributed by atoms with van der Waals surface area (Å²) in [6.07, 6.45) is 0. The summed E-state index contributed by atoms with van der Waals surface area (Å²) in [7, 11) is 0. The fraction of sp³-hybridized carbons (Fsp3) is 0. The SMILES string of the molecule is c1ccc(-c2ccc(-c3cccc4ccccc34)cc2N(c2ccc(-c3ccc(-c4cccc5ccccc45)cc3)cc2)c2ccc(-c3ccc4oc5ccccc5c4c3)cc2)cc1. The maximum absolute atomic E-state index is 6.17. The van der Waals surface area contributed by atoms with Crippen molar-refractivity contribution in [2.45, 2.75) is 0 Å². The average molecular weight is 816 g/mol. The van der Waals surface area contributed by atoms with Gasteiger partial charge in [0.05, 0.1) is 5.69 Å². The van der Waals surface area contributed by atoms with Gasteiger partial charge < -0.3 is 9.32 Å². The Bertz CT molecular complexity index is 3630. The largest absolute Gasteiger partial charge is 0.456 e. The Morgan fingerprint density at radius 2 is 0.703 bits per heavy atom. The summed E-state index contributed by atoms with van der Waals surface area (Å²) < 4.78 is 6.17. The van der Waals surface area contributed by atoms with Crippen LogP contribution in [0.25, 0.3) is 99.1 Å². The molecule has 0 saturated carbocycles. The highest BCUT2D eigenvalue weighted by atomic mass is 16.3. The standard InChI is InChI=1S/C62H41NO/c1-2-12-47(13-3-1)57-38-32-50(56-22-11-17-46-15-5-7-19-54(46)56)41-60(57)63(52-36-30-44(31-37-52)49-33-39-62-59(40-49)58-20-8-9-23-61(58)64-62)51-34-28-43(29-35-51)42-24-26-48(27-25-42)55-21-10-16-45-14-4-6-18-53(45)55/h1-41H. The molecule has 1 heterocycles.